The third kappa shape index (κ3) is 4.38. The third-order valence-corrected chi connectivity index (χ3v) is 5.49. The molecule has 6 heteroatoms. The van der Waals surface area contributed by atoms with Crippen molar-refractivity contribution < 1.29 is 14.3 Å². The highest BCUT2D eigenvalue weighted by Crippen LogP contribution is 2.17. The molecule has 1 aromatic heterocycles. The Bertz CT molecular complexity index is 987. The van der Waals surface area contributed by atoms with Gasteiger partial charge in [0.1, 0.15) is 5.75 Å². The molecule has 0 bridgehead atoms. The summed E-state index contributed by atoms with van der Waals surface area (Å²) < 4.78 is 7.13. The van der Waals surface area contributed by atoms with Gasteiger partial charge in [-0.25, -0.2) is 0 Å². The van der Waals surface area contributed by atoms with Gasteiger partial charge >= 0.3 is 0 Å². The molecule has 1 fully saturated rings. The topological polar surface area (TPSA) is 63.6 Å². The van der Waals surface area contributed by atoms with Gasteiger partial charge in [-0.05, 0) is 73.5 Å². The van der Waals surface area contributed by atoms with Crippen molar-refractivity contribution in [2.45, 2.75) is 18.9 Å². The summed E-state index contributed by atoms with van der Waals surface area (Å²) in [6.45, 7) is 1.26. The summed E-state index contributed by atoms with van der Waals surface area (Å²) in [6.07, 6.45) is 5.44. The molecule has 2 amide bonds. The lowest BCUT2D eigenvalue weighted by Gasteiger charge is -2.32. The van der Waals surface area contributed by atoms with Crippen LogP contribution in [0.25, 0.3) is 5.69 Å². The molecule has 0 atom stereocenters. The highest BCUT2D eigenvalue weighted by Gasteiger charge is 2.25. The van der Waals surface area contributed by atoms with Gasteiger partial charge < -0.3 is 19.5 Å². The van der Waals surface area contributed by atoms with Crippen molar-refractivity contribution in [1.82, 2.24) is 14.8 Å². The molecule has 30 heavy (non-hydrogen) atoms. The summed E-state index contributed by atoms with van der Waals surface area (Å²) in [4.78, 5) is 27.1. The van der Waals surface area contributed by atoms with Crippen molar-refractivity contribution in [3.63, 3.8) is 0 Å². The number of carbonyl (C=O) groups excluding carboxylic acids is 2. The number of aromatic nitrogens is 1. The molecule has 6 nitrogen and oxygen atoms in total. The first-order valence-electron chi connectivity index (χ1n) is 10.1. The number of ether oxygens (including phenoxy) is 1. The Morgan fingerprint density at radius 2 is 1.50 bits per heavy atom. The maximum absolute atomic E-state index is 12.8. The van der Waals surface area contributed by atoms with E-state index in [1.165, 1.54) is 0 Å². The SMILES string of the molecule is COc1ccc(C(=O)NC2CCN(C(=O)c3ccc(-n4cccc4)cc3)CC2)cc1. The summed E-state index contributed by atoms with van der Waals surface area (Å²) in [5.41, 5.74) is 2.32. The molecule has 0 saturated carbocycles. The van der Waals surface area contributed by atoms with E-state index in [-0.39, 0.29) is 17.9 Å². The van der Waals surface area contributed by atoms with Crippen molar-refractivity contribution in [2.75, 3.05) is 20.2 Å². The van der Waals surface area contributed by atoms with Gasteiger partial charge in [0.25, 0.3) is 11.8 Å². The van der Waals surface area contributed by atoms with Gasteiger partial charge in [0.2, 0.25) is 0 Å². The number of likely N-dealkylation sites (tertiary alicyclic amines) is 1. The zero-order chi connectivity index (χ0) is 20.9. The van der Waals surface area contributed by atoms with E-state index in [1.54, 1.807) is 31.4 Å². The minimum atomic E-state index is -0.0944. The van der Waals surface area contributed by atoms with Crippen LogP contribution in [0.4, 0.5) is 0 Å². The Labute approximate surface area is 176 Å². The fraction of sp³-hybridized carbons (Fsp3) is 0.250. The second kappa shape index (κ2) is 8.86. The second-order valence-corrected chi connectivity index (χ2v) is 7.41. The van der Waals surface area contributed by atoms with Gasteiger partial charge in [0.05, 0.1) is 7.11 Å². The average molecular weight is 403 g/mol. The summed E-state index contributed by atoms with van der Waals surface area (Å²) in [5, 5.41) is 3.07. The Balaban J connectivity index is 1.30. The van der Waals surface area contributed by atoms with Crippen LogP contribution in [0, 0.1) is 0 Å². The number of nitrogens with one attached hydrogen (secondary N) is 1. The fourth-order valence-electron chi connectivity index (χ4n) is 3.70. The molecule has 2 aromatic carbocycles. The Morgan fingerprint density at radius 1 is 0.900 bits per heavy atom. The van der Waals surface area contributed by atoms with E-state index in [2.05, 4.69) is 5.32 Å². The van der Waals surface area contributed by atoms with Gasteiger partial charge in [-0.3, -0.25) is 9.59 Å². The predicted octanol–water partition coefficient (Wildman–Crippen LogP) is 3.52. The molecule has 1 aliphatic rings. The summed E-state index contributed by atoms with van der Waals surface area (Å²) in [6, 6.07) is 18.7. The minimum absolute atomic E-state index is 0.0361. The average Bonchev–Trinajstić information content (AvgIpc) is 3.34. The van der Waals surface area contributed by atoms with E-state index in [1.807, 2.05) is 58.3 Å². The first-order chi connectivity index (χ1) is 14.6. The zero-order valence-electron chi connectivity index (χ0n) is 17.0. The number of hydrogen-bond acceptors (Lipinski definition) is 3. The fourth-order valence-corrected chi connectivity index (χ4v) is 3.70. The lowest BCUT2D eigenvalue weighted by atomic mass is 10.0. The van der Waals surface area contributed by atoms with Crippen LogP contribution in [-0.2, 0) is 0 Å². The number of rotatable bonds is 5. The van der Waals surface area contributed by atoms with Gasteiger partial charge in [-0.2, -0.15) is 0 Å². The van der Waals surface area contributed by atoms with Crippen LogP contribution in [0.1, 0.15) is 33.6 Å². The Morgan fingerprint density at radius 3 is 2.10 bits per heavy atom. The molecule has 1 N–H and O–H groups in total. The van der Waals surface area contributed by atoms with Crippen molar-refractivity contribution in [3.05, 3.63) is 84.2 Å². The molecule has 0 aliphatic carbocycles. The molecule has 0 unspecified atom stereocenters. The highest BCUT2D eigenvalue weighted by molar-refractivity contribution is 5.95. The predicted molar refractivity (Wildman–Crippen MR) is 115 cm³/mol. The van der Waals surface area contributed by atoms with Gasteiger partial charge in [0.15, 0.2) is 0 Å². The number of benzene rings is 2. The third-order valence-electron chi connectivity index (χ3n) is 5.49. The van der Waals surface area contributed by atoms with E-state index < -0.39 is 0 Å². The standard InChI is InChI=1S/C24H25N3O3/c1-30-22-10-6-18(7-11-22)23(28)25-20-12-16-27(17-13-20)24(29)19-4-8-21(9-5-19)26-14-2-3-15-26/h2-11,14-15,20H,12-13,16-17H2,1H3,(H,25,28). The lowest BCUT2D eigenvalue weighted by Crippen LogP contribution is -2.46. The Hall–Kier alpha value is -3.54. The molecular formula is C24H25N3O3. The van der Waals surface area contributed by atoms with Crippen LogP contribution in [0.2, 0.25) is 0 Å². The molecule has 1 saturated heterocycles. The van der Waals surface area contributed by atoms with E-state index >= 15 is 0 Å². The molecule has 4 rings (SSSR count). The van der Waals surface area contributed by atoms with Crippen molar-refractivity contribution in [1.29, 1.82) is 0 Å². The molecule has 0 spiro atoms. The number of carbonyl (C=O) groups is 2. The number of amides is 2. The van der Waals surface area contributed by atoms with Gasteiger partial charge in [-0.1, -0.05) is 0 Å². The highest BCUT2D eigenvalue weighted by atomic mass is 16.5. The van der Waals surface area contributed by atoms with E-state index in [9.17, 15) is 9.59 Å². The summed E-state index contributed by atoms with van der Waals surface area (Å²) in [5.74, 6) is 0.664. The van der Waals surface area contributed by atoms with E-state index in [0.717, 1.165) is 24.3 Å². The van der Waals surface area contributed by atoms with Crippen LogP contribution < -0.4 is 10.1 Å². The smallest absolute Gasteiger partial charge is 0.253 e. The van der Waals surface area contributed by atoms with E-state index in [4.69, 9.17) is 4.74 Å². The number of nitrogens with zero attached hydrogens (tertiary/aromatic N) is 2. The van der Waals surface area contributed by atoms with Crippen LogP contribution in [-0.4, -0.2) is 47.5 Å². The molecule has 0 radical (unpaired) electrons. The monoisotopic (exact) mass is 403 g/mol. The van der Waals surface area contributed by atoms with Crippen LogP contribution in [0.5, 0.6) is 5.75 Å². The lowest BCUT2D eigenvalue weighted by molar-refractivity contribution is 0.0698. The Kier molecular flexibility index (Phi) is 5.84. The van der Waals surface area contributed by atoms with Crippen molar-refractivity contribution in [2.24, 2.45) is 0 Å². The summed E-state index contributed by atoms with van der Waals surface area (Å²) in [7, 11) is 1.60. The maximum atomic E-state index is 12.8. The normalized spacial score (nSPS) is 14.4. The minimum Gasteiger partial charge on any atom is -0.497 e. The van der Waals surface area contributed by atoms with Crippen LogP contribution >= 0.6 is 0 Å². The van der Waals surface area contributed by atoms with Gasteiger partial charge in [-0.15, -0.1) is 0 Å². The van der Waals surface area contributed by atoms with Crippen LogP contribution in [0.15, 0.2) is 73.1 Å². The number of hydrogen-bond donors (Lipinski definition) is 1. The second-order valence-electron chi connectivity index (χ2n) is 7.41. The molecule has 1 aliphatic heterocycles. The zero-order valence-corrected chi connectivity index (χ0v) is 17.0. The van der Waals surface area contributed by atoms with Crippen molar-refractivity contribution >= 4 is 11.8 Å². The maximum Gasteiger partial charge on any atom is 0.253 e. The quantitative estimate of drug-likeness (QED) is 0.709. The summed E-state index contributed by atoms with van der Waals surface area (Å²) >= 11 is 0. The molecule has 3 aromatic rings. The number of piperidine rings is 1. The molecule has 2 heterocycles. The first-order valence-corrected chi connectivity index (χ1v) is 10.1. The number of methoxy groups -OCH3 is 1. The van der Waals surface area contributed by atoms with E-state index in [0.29, 0.717) is 24.2 Å². The van der Waals surface area contributed by atoms with Crippen LogP contribution in [0.3, 0.4) is 0 Å². The molecular weight excluding hydrogens is 378 g/mol. The molecule has 154 valence electrons. The van der Waals surface area contributed by atoms with Crippen molar-refractivity contribution in [3.8, 4) is 11.4 Å². The largest absolute Gasteiger partial charge is 0.497 e. The van der Waals surface area contributed by atoms with Gasteiger partial charge in [0, 0.05) is 48.3 Å². The first kappa shape index (κ1) is 19.8.